The van der Waals surface area contributed by atoms with Crippen molar-refractivity contribution in [1.29, 1.82) is 0 Å². The van der Waals surface area contributed by atoms with Crippen molar-refractivity contribution in [3.63, 3.8) is 0 Å². The van der Waals surface area contributed by atoms with Crippen molar-refractivity contribution < 1.29 is 0 Å². The third kappa shape index (κ3) is 2.46. The van der Waals surface area contributed by atoms with Gasteiger partial charge >= 0.3 is 0 Å². The van der Waals surface area contributed by atoms with Gasteiger partial charge in [0.25, 0.3) is 0 Å². The Labute approximate surface area is 111 Å². The molecule has 1 N–H and O–H groups in total. The molecule has 0 spiro atoms. The van der Waals surface area contributed by atoms with Crippen LogP contribution in [0.2, 0.25) is 0 Å². The summed E-state index contributed by atoms with van der Waals surface area (Å²) in [5.74, 6) is 0.901. The Bertz CT molecular complexity index is 662. The second-order valence-electron chi connectivity index (χ2n) is 4.40. The summed E-state index contributed by atoms with van der Waals surface area (Å²) >= 11 is 0. The van der Waals surface area contributed by atoms with Crippen LogP contribution in [0.1, 0.15) is 24.5 Å². The van der Waals surface area contributed by atoms with Crippen molar-refractivity contribution in [3.8, 4) is 0 Å². The third-order valence-electron chi connectivity index (χ3n) is 3.08. The lowest BCUT2D eigenvalue weighted by Gasteiger charge is -2.12. The first-order valence-corrected chi connectivity index (χ1v) is 6.27. The second-order valence-corrected chi connectivity index (χ2v) is 4.40. The van der Waals surface area contributed by atoms with Gasteiger partial charge in [0.15, 0.2) is 11.5 Å². The first kappa shape index (κ1) is 11.8. The highest BCUT2D eigenvalue weighted by atomic mass is 15.3. The molecule has 3 aromatic heterocycles. The zero-order chi connectivity index (χ0) is 13.1. The molecule has 3 aromatic rings. The van der Waals surface area contributed by atoms with Crippen molar-refractivity contribution >= 4 is 5.65 Å². The highest BCUT2D eigenvalue weighted by Gasteiger charge is 2.08. The van der Waals surface area contributed by atoms with E-state index in [4.69, 9.17) is 0 Å². The number of hydrogen-bond donors (Lipinski definition) is 1. The van der Waals surface area contributed by atoms with E-state index in [1.165, 1.54) is 0 Å². The predicted octanol–water partition coefficient (Wildman–Crippen LogP) is 1.98. The van der Waals surface area contributed by atoms with Gasteiger partial charge in [-0.05, 0) is 31.2 Å². The van der Waals surface area contributed by atoms with Crippen LogP contribution in [0.4, 0.5) is 0 Å². The highest BCUT2D eigenvalue weighted by molar-refractivity contribution is 5.36. The molecular weight excluding hydrogens is 238 g/mol. The maximum absolute atomic E-state index is 4.34. The molecule has 0 saturated heterocycles. The van der Waals surface area contributed by atoms with Crippen molar-refractivity contribution in [3.05, 3.63) is 60.3 Å². The summed E-state index contributed by atoms with van der Waals surface area (Å²) in [4.78, 5) is 4.34. The van der Waals surface area contributed by atoms with Crippen molar-refractivity contribution in [2.75, 3.05) is 0 Å². The van der Waals surface area contributed by atoms with Crippen LogP contribution in [0.25, 0.3) is 5.65 Å². The molecule has 1 unspecified atom stereocenters. The fraction of sp³-hybridized carbons (Fsp3) is 0.214. The van der Waals surface area contributed by atoms with Gasteiger partial charge in [0.05, 0.1) is 12.2 Å². The van der Waals surface area contributed by atoms with Gasteiger partial charge in [-0.15, -0.1) is 10.2 Å². The quantitative estimate of drug-likeness (QED) is 0.772. The standard InChI is InChI=1S/C14H15N5/c1-11(12-6-2-4-8-15-12)16-10-14-18-17-13-7-3-5-9-19(13)14/h2-9,11,16H,10H2,1H3. The van der Waals surface area contributed by atoms with E-state index in [1.807, 2.05) is 47.0 Å². The molecule has 5 nitrogen and oxygen atoms in total. The topological polar surface area (TPSA) is 55.1 Å². The van der Waals surface area contributed by atoms with Gasteiger partial charge in [0.2, 0.25) is 0 Å². The molecule has 0 aromatic carbocycles. The van der Waals surface area contributed by atoms with Gasteiger partial charge in [-0.25, -0.2) is 0 Å². The summed E-state index contributed by atoms with van der Waals surface area (Å²) in [6, 6.07) is 12.0. The summed E-state index contributed by atoms with van der Waals surface area (Å²) in [5.41, 5.74) is 1.89. The summed E-state index contributed by atoms with van der Waals surface area (Å²) < 4.78 is 1.98. The number of hydrogen-bond acceptors (Lipinski definition) is 4. The Balaban J connectivity index is 1.73. The van der Waals surface area contributed by atoms with Crippen LogP contribution in [-0.2, 0) is 6.54 Å². The van der Waals surface area contributed by atoms with E-state index in [9.17, 15) is 0 Å². The van der Waals surface area contributed by atoms with Gasteiger partial charge in [-0.2, -0.15) is 0 Å². The largest absolute Gasteiger partial charge is 0.302 e. The molecule has 3 rings (SSSR count). The molecule has 0 bridgehead atoms. The van der Waals surface area contributed by atoms with Crippen LogP contribution in [0.15, 0.2) is 48.8 Å². The van der Waals surface area contributed by atoms with Gasteiger partial charge in [0.1, 0.15) is 0 Å². The van der Waals surface area contributed by atoms with Crippen LogP contribution >= 0.6 is 0 Å². The number of nitrogens with one attached hydrogen (secondary N) is 1. The molecule has 0 radical (unpaired) electrons. The maximum atomic E-state index is 4.34. The van der Waals surface area contributed by atoms with Crippen LogP contribution in [0.5, 0.6) is 0 Å². The minimum absolute atomic E-state index is 0.178. The number of rotatable bonds is 4. The van der Waals surface area contributed by atoms with E-state index in [-0.39, 0.29) is 6.04 Å². The average molecular weight is 253 g/mol. The van der Waals surface area contributed by atoms with Gasteiger partial charge in [-0.1, -0.05) is 12.1 Å². The van der Waals surface area contributed by atoms with Crippen LogP contribution in [-0.4, -0.2) is 19.6 Å². The van der Waals surface area contributed by atoms with Crippen LogP contribution in [0.3, 0.4) is 0 Å². The monoisotopic (exact) mass is 253 g/mol. The molecule has 96 valence electrons. The fourth-order valence-corrected chi connectivity index (χ4v) is 1.99. The molecule has 5 heteroatoms. The SMILES string of the molecule is CC(NCc1nnc2ccccn12)c1ccccn1. The summed E-state index contributed by atoms with van der Waals surface area (Å²) in [7, 11) is 0. The van der Waals surface area contributed by atoms with E-state index in [1.54, 1.807) is 6.20 Å². The third-order valence-corrected chi connectivity index (χ3v) is 3.08. The Kier molecular flexibility index (Phi) is 3.20. The maximum Gasteiger partial charge on any atom is 0.160 e. The molecule has 0 aliphatic rings. The molecule has 19 heavy (non-hydrogen) atoms. The number of pyridine rings is 2. The van der Waals surface area contributed by atoms with Crippen LogP contribution in [0, 0.1) is 0 Å². The molecule has 1 atom stereocenters. The lowest BCUT2D eigenvalue weighted by atomic mass is 10.2. The van der Waals surface area contributed by atoms with Gasteiger partial charge < -0.3 is 5.32 Å². The summed E-state index contributed by atoms with van der Waals surface area (Å²) in [5, 5.41) is 11.7. The first-order chi connectivity index (χ1) is 9.34. The molecule has 0 aliphatic heterocycles. The Hall–Kier alpha value is -2.27. The molecule has 3 heterocycles. The normalized spacial score (nSPS) is 12.7. The molecule has 0 aliphatic carbocycles. The van der Waals surface area contributed by atoms with E-state index in [2.05, 4.69) is 27.4 Å². The zero-order valence-corrected chi connectivity index (χ0v) is 10.7. The van der Waals surface area contributed by atoms with Crippen molar-refractivity contribution in [2.24, 2.45) is 0 Å². The molecule has 0 fully saturated rings. The summed E-state index contributed by atoms with van der Waals surface area (Å²) in [6.45, 7) is 2.74. The van der Waals surface area contributed by atoms with Crippen LogP contribution < -0.4 is 5.32 Å². The Morgan fingerprint density at radius 2 is 2.05 bits per heavy atom. The molecule has 0 amide bonds. The minimum Gasteiger partial charge on any atom is -0.302 e. The van der Waals surface area contributed by atoms with Crippen molar-refractivity contribution in [1.82, 2.24) is 24.9 Å². The number of nitrogens with zero attached hydrogens (tertiary/aromatic N) is 4. The highest BCUT2D eigenvalue weighted by Crippen LogP contribution is 2.09. The van der Waals surface area contributed by atoms with Gasteiger partial charge in [0, 0.05) is 18.4 Å². The van der Waals surface area contributed by atoms with E-state index in [0.717, 1.165) is 17.2 Å². The zero-order valence-electron chi connectivity index (χ0n) is 10.7. The molecule has 0 saturated carbocycles. The van der Waals surface area contributed by atoms with E-state index < -0.39 is 0 Å². The van der Waals surface area contributed by atoms with Gasteiger partial charge in [-0.3, -0.25) is 9.38 Å². The summed E-state index contributed by atoms with van der Waals surface area (Å²) in [6.07, 6.45) is 3.78. The first-order valence-electron chi connectivity index (χ1n) is 6.27. The van der Waals surface area contributed by atoms with Crippen molar-refractivity contribution in [2.45, 2.75) is 19.5 Å². The number of aromatic nitrogens is 4. The molecular formula is C14H15N5. The second kappa shape index (κ2) is 5.16. The minimum atomic E-state index is 0.178. The lowest BCUT2D eigenvalue weighted by Crippen LogP contribution is -2.20. The fourth-order valence-electron chi connectivity index (χ4n) is 1.99. The predicted molar refractivity (Wildman–Crippen MR) is 72.5 cm³/mol. The Morgan fingerprint density at radius 3 is 2.89 bits per heavy atom. The smallest absolute Gasteiger partial charge is 0.160 e. The number of fused-ring (bicyclic) bond motifs is 1. The Morgan fingerprint density at radius 1 is 1.16 bits per heavy atom. The lowest BCUT2D eigenvalue weighted by molar-refractivity contribution is 0.545. The average Bonchev–Trinajstić information content (AvgIpc) is 2.89. The van der Waals surface area contributed by atoms with E-state index >= 15 is 0 Å². The van der Waals surface area contributed by atoms with E-state index in [0.29, 0.717) is 6.54 Å².